The van der Waals surface area contributed by atoms with Crippen LogP contribution in [0.3, 0.4) is 0 Å². The van der Waals surface area contributed by atoms with Gasteiger partial charge in [-0.15, -0.1) is 10.2 Å². The molecule has 106 valence electrons. The number of rotatable bonds is 3. The smallest absolute Gasteiger partial charge is 0.253 e. The van der Waals surface area contributed by atoms with E-state index in [1.165, 1.54) is 6.07 Å². The second-order valence-corrected chi connectivity index (χ2v) is 5.20. The Morgan fingerprint density at radius 3 is 2.85 bits per heavy atom. The molecule has 2 rings (SSSR count). The van der Waals surface area contributed by atoms with Crippen LogP contribution in [-0.2, 0) is 7.05 Å². The molecule has 1 atom stereocenters. The Bertz CT molecular complexity index is 657. The Labute approximate surface area is 123 Å². The Balaban J connectivity index is 2.21. The Morgan fingerprint density at radius 1 is 1.55 bits per heavy atom. The lowest BCUT2D eigenvalue weighted by molar-refractivity contribution is 0.0937. The highest BCUT2D eigenvalue weighted by atomic mass is 79.9. The van der Waals surface area contributed by atoms with Gasteiger partial charge in [0.2, 0.25) is 0 Å². The molecular weight excluding hydrogens is 329 g/mol. The molecule has 1 aromatic carbocycles. The van der Waals surface area contributed by atoms with E-state index in [2.05, 4.69) is 31.4 Å². The van der Waals surface area contributed by atoms with Crippen LogP contribution in [0.5, 0.6) is 0 Å². The molecule has 3 N–H and O–H groups in total. The van der Waals surface area contributed by atoms with Gasteiger partial charge in [-0.2, -0.15) is 0 Å². The number of amides is 1. The SMILES string of the molecule is CC(NC(=O)c1cc(N)c(F)cc1Br)c1nncn1C. The number of carbonyl (C=O) groups is 1. The van der Waals surface area contributed by atoms with Crippen molar-refractivity contribution in [2.24, 2.45) is 7.05 Å². The first-order valence-electron chi connectivity index (χ1n) is 5.79. The zero-order valence-corrected chi connectivity index (χ0v) is 12.5. The molecule has 8 heteroatoms. The van der Waals surface area contributed by atoms with E-state index in [1.807, 2.05) is 0 Å². The first kappa shape index (κ1) is 14.4. The van der Waals surface area contributed by atoms with E-state index in [1.54, 1.807) is 24.9 Å². The first-order valence-corrected chi connectivity index (χ1v) is 6.58. The summed E-state index contributed by atoms with van der Waals surface area (Å²) < 4.78 is 15.3. The van der Waals surface area contributed by atoms with Gasteiger partial charge in [0, 0.05) is 11.5 Å². The predicted molar refractivity (Wildman–Crippen MR) is 75.4 cm³/mol. The fraction of sp³-hybridized carbons (Fsp3) is 0.250. The summed E-state index contributed by atoms with van der Waals surface area (Å²) in [5, 5.41) is 10.4. The highest BCUT2D eigenvalue weighted by Crippen LogP contribution is 2.23. The summed E-state index contributed by atoms with van der Waals surface area (Å²) in [4.78, 5) is 12.2. The molecule has 0 bridgehead atoms. The monoisotopic (exact) mass is 341 g/mol. The Morgan fingerprint density at radius 2 is 2.25 bits per heavy atom. The third-order valence-electron chi connectivity index (χ3n) is 2.81. The molecule has 1 amide bonds. The van der Waals surface area contributed by atoms with Crippen LogP contribution >= 0.6 is 15.9 Å². The van der Waals surface area contributed by atoms with Gasteiger partial charge in [-0.05, 0) is 35.0 Å². The Kier molecular flexibility index (Phi) is 4.03. The molecule has 0 aliphatic rings. The van der Waals surface area contributed by atoms with Crippen LogP contribution in [0.1, 0.15) is 29.1 Å². The molecule has 0 aliphatic carbocycles. The highest BCUT2D eigenvalue weighted by Gasteiger charge is 2.18. The summed E-state index contributed by atoms with van der Waals surface area (Å²) >= 11 is 3.15. The number of nitrogens with two attached hydrogens (primary N) is 1. The van der Waals surface area contributed by atoms with E-state index in [9.17, 15) is 9.18 Å². The largest absolute Gasteiger partial charge is 0.396 e. The summed E-state index contributed by atoms with van der Waals surface area (Å²) in [6, 6.07) is 2.11. The number of hydrogen-bond donors (Lipinski definition) is 2. The van der Waals surface area contributed by atoms with Crippen molar-refractivity contribution in [2.75, 3.05) is 5.73 Å². The van der Waals surface area contributed by atoms with Crippen molar-refractivity contribution in [3.63, 3.8) is 0 Å². The second kappa shape index (κ2) is 5.58. The van der Waals surface area contributed by atoms with Gasteiger partial charge in [-0.25, -0.2) is 4.39 Å². The predicted octanol–water partition coefficient (Wildman–Crippen LogP) is 1.79. The van der Waals surface area contributed by atoms with E-state index < -0.39 is 5.82 Å². The van der Waals surface area contributed by atoms with Crippen molar-refractivity contribution in [3.8, 4) is 0 Å². The van der Waals surface area contributed by atoms with Crippen LogP contribution in [-0.4, -0.2) is 20.7 Å². The highest BCUT2D eigenvalue weighted by molar-refractivity contribution is 9.10. The first-order chi connectivity index (χ1) is 9.40. The molecule has 20 heavy (non-hydrogen) atoms. The maximum absolute atomic E-state index is 13.3. The lowest BCUT2D eigenvalue weighted by Gasteiger charge is -2.14. The molecule has 1 unspecified atom stereocenters. The fourth-order valence-electron chi connectivity index (χ4n) is 1.76. The number of aryl methyl sites for hydroxylation is 1. The van der Waals surface area contributed by atoms with Crippen molar-refractivity contribution < 1.29 is 9.18 Å². The number of nitrogen functional groups attached to an aromatic ring is 1. The standard InChI is InChI=1S/C12H13BrFN5O/c1-6(11-18-16-5-19(11)2)17-12(20)7-3-10(15)9(14)4-8(7)13/h3-6H,15H2,1-2H3,(H,17,20). The van der Waals surface area contributed by atoms with Gasteiger partial charge >= 0.3 is 0 Å². The Hall–Kier alpha value is -1.96. The van der Waals surface area contributed by atoms with Crippen molar-refractivity contribution in [1.82, 2.24) is 20.1 Å². The van der Waals surface area contributed by atoms with Crippen LogP contribution < -0.4 is 11.1 Å². The average molecular weight is 342 g/mol. The third-order valence-corrected chi connectivity index (χ3v) is 3.47. The van der Waals surface area contributed by atoms with Crippen LogP contribution in [0.4, 0.5) is 10.1 Å². The minimum Gasteiger partial charge on any atom is -0.396 e. The molecule has 0 spiro atoms. The molecule has 1 heterocycles. The van der Waals surface area contributed by atoms with Gasteiger partial charge in [-0.1, -0.05) is 0 Å². The molecule has 0 saturated heterocycles. The number of carbonyl (C=O) groups excluding carboxylic acids is 1. The van der Waals surface area contributed by atoms with Gasteiger partial charge in [0.15, 0.2) is 5.82 Å². The fourth-order valence-corrected chi connectivity index (χ4v) is 2.26. The number of anilines is 1. The summed E-state index contributed by atoms with van der Waals surface area (Å²) in [5.74, 6) is -0.335. The maximum atomic E-state index is 13.3. The van der Waals surface area contributed by atoms with E-state index in [-0.39, 0.29) is 23.2 Å². The second-order valence-electron chi connectivity index (χ2n) is 4.35. The molecule has 1 aromatic heterocycles. The number of nitrogens with one attached hydrogen (secondary N) is 1. The molecule has 0 saturated carbocycles. The zero-order valence-electron chi connectivity index (χ0n) is 10.9. The summed E-state index contributed by atoms with van der Waals surface area (Å²) in [6.45, 7) is 1.78. The minimum absolute atomic E-state index is 0.0790. The topological polar surface area (TPSA) is 85.8 Å². The van der Waals surface area contributed by atoms with Gasteiger partial charge in [0.1, 0.15) is 12.1 Å². The maximum Gasteiger partial charge on any atom is 0.253 e. The van der Waals surface area contributed by atoms with Gasteiger partial charge in [0.25, 0.3) is 5.91 Å². The van der Waals surface area contributed by atoms with Gasteiger partial charge in [-0.3, -0.25) is 4.79 Å². The van der Waals surface area contributed by atoms with Crippen molar-refractivity contribution in [3.05, 3.63) is 40.1 Å². The summed E-state index contributed by atoms with van der Waals surface area (Å²) in [5.41, 5.74) is 5.66. The molecule has 0 aliphatic heterocycles. The van der Waals surface area contributed by atoms with Crippen molar-refractivity contribution in [2.45, 2.75) is 13.0 Å². The number of halogens is 2. The van der Waals surface area contributed by atoms with E-state index in [0.717, 1.165) is 6.07 Å². The summed E-state index contributed by atoms with van der Waals surface area (Å²) in [7, 11) is 1.78. The average Bonchev–Trinajstić information content (AvgIpc) is 2.80. The van der Waals surface area contributed by atoms with Crippen LogP contribution in [0.25, 0.3) is 0 Å². The number of benzene rings is 1. The van der Waals surface area contributed by atoms with Crippen molar-refractivity contribution >= 4 is 27.5 Å². The lowest BCUT2D eigenvalue weighted by Crippen LogP contribution is -2.28. The zero-order chi connectivity index (χ0) is 14.9. The minimum atomic E-state index is -0.574. The molecular formula is C12H13BrFN5O. The van der Waals surface area contributed by atoms with Gasteiger partial charge < -0.3 is 15.6 Å². The summed E-state index contributed by atoms with van der Waals surface area (Å²) in [6.07, 6.45) is 1.55. The molecule has 2 aromatic rings. The van der Waals surface area contributed by atoms with Crippen LogP contribution in [0.15, 0.2) is 22.9 Å². The van der Waals surface area contributed by atoms with Gasteiger partial charge in [0.05, 0.1) is 17.3 Å². The molecule has 0 radical (unpaired) electrons. The number of aromatic nitrogens is 3. The van der Waals surface area contributed by atoms with E-state index in [0.29, 0.717) is 10.3 Å². The van der Waals surface area contributed by atoms with Crippen molar-refractivity contribution in [1.29, 1.82) is 0 Å². The normalized spacial score (nSPS) is 12.2. The van der Waals surface area contributed by atoms with Crippen LogP contribution in [0, 0.1) is 5.82 Å². The third kappa shape index (κ3) is 2.79. The molecule has 6 nitrogen and oxygen atoms in total. The molecule has 0 fully saturated rings. The van der Waals surface area contributed by atoms with E-state index >= 15 is 0 Å². The van der Waals surface area contributed by atoms with E-state index in [4.69, 9.17) is 5.73 Å². The quantitative estimate of drug-likeness (QED) is 0.833. The lowest BCUT2D eigenvalue weighted by atomic mass is 10.1. The van der Waals surface area contributed by atoms with Crippen LogP contribution in [0.2, 0.25) is 0 Å². The number of hydrogen-bond acceptors (Lipinski definition) is 4. The number of nitrogens with zero attached hydrogens (tertiary/aromatic N) is 3.